The second kappa shape index (κ2) is 4.45. The van der Waals surface area contributed by atoms with Gasteiger partial charge >= 0.3 is 0 Å². The van der Waals surface area contributed by atoms with Crippen LogP contribution in [-0.2, 0) is 13.5 Å². The summed E-state index contributed by atoms with van der Waals surface area (Å²) in [6.07, 6.45) is 10.7. The number of aryl methyl sites for hydroxylation is 2. The number of hydrogen-bond donors (Lipinski definition) is 1. The minimum atomic E-state index is 0.694. The Morgan fingerprint density at radius 2 is 2.18 bits per heavy atom. The van der Waals surface area contributed by atoms with Crippen molar-refractivity contribution in [3.63, 3.8) is 0 Å². The van der Waals surface area contributed by atoms with Gasteiger partial charge in [0.15, 0.2) is 0 Å². The van der Waals surface area contributed by atoms with Crippen molar-refractivity contribution in [3.8, 4) is 0 Å². The molecule has 0 aliphatic heterocycles. The molecular formula is C14H23N3. The molecule has 2 aliphatic rings. The van der Waals surface area contributed by atoms with Crippen molar-refractivity contribution in [2.45, 2.75) is 38.1 Å². The van der Waals surface area contributed by atoms with Crippen LogP contribution in [0.25, 0.3) is 0 Å². The van der Waals surface area contributed by atoms with Crippen molar-refractivity contribution in [2.75, 3.05) is 7.05 Å². The molecule has 1 heterocycles. The normalized spacial score (nSPS) is 32.5. The second-order valence-electron chi connectivity index (χ2n) is 5.88. The summed E-state index contributed by atoms with van der Waals surface area (Å²) >= 11 is 0. The highest BCUT2D eigenvalue weighted by molar-refractivity contribution is 5.00. The van der Waals surface area contributed by atoms with Crippen LogP contribution in [0, 0.1) is 17.8 Å². The minimum absolute atomic E-state index is 0.694. The molecule has 17 heavy (non-hydrogen) atoms. The van der Waals surface area contributed by atoms with E-state index < -0.39 is 0 Å². The first-order valence-corrected chi connectivity index (χ1v) is 6.91. The molecule has 0 spiro atoms. The summed E-state index contributed by atoms with van der Waals surface area (Å²) in [5.74, 6) is 4.31. The summed E-state index contributed by atoms with van der Waals surface area (Å²) in [4.78, 5) is 4.41. The Morgan fingerprint density at radius 1 is 1.41 bits per heavy atom. The van der Waals surface area contributed by atoms with Gasteiger partial charge in [-0.3, -0.25) is 0 Å². The summed E-state index contributed by atoms with van der Waals surface area (Å²) in [5.41, 5.74) is 0. The topological polar surface area (TPSA) is 29.9 Å². The average molecular weight is 233 g/mol. The fraction of sp³-hybridized carbons (Fsp3) is 0.786. The van der Waals surface area contributed by atoms with Crippen molar-refractivity contribution < 1.29 is 0 Å². The van der Waals surface area contributed by atoms with Gasteiger partial charge in [-0.2, -0.15) is 0 Å². The van der Waals surface area contributed by atoms with Crippen LogP contribution in [-0.4, -0.2) is 22.6 Å². The predicted molar refractivity (Wildman–Crippen MR) is 68.7 cm³/mol. The Labute approximate surface area is 104 Å². The summed E-state index contributed by atoms with van der Waals surface area (Å²) < 4.78 is 2.14. The Hall–Kier alpha value is -0.830. The minimum Gasteiger partial charge on any atom is -0.338 e. The van der Waals surface area contributed by atoms with E-state index in [4.69, 9.17) is 0 Å². The smallest absolute Gasteiger partial charge is 0.108 e. The number of nitrogens with one attached hydrogen (secondary N) is 1. The molecule has 3 atom stereocenters. The van der Waals surface area contributed by atoms with E-state index in [0.717, 1.165) is 24.2 Å². The molecule has 0 bridgehead atoms. The molecule has 94 valence electrons. The largest absolute Gasteiger partial charge is 0.338 e. The molecule has 3 unspecified atom stereocenters. The van der Waals surface area contributed by atoms with Gasteiger partial charge in [-0.15, -0.1) is 0 Å². The first-order valence-electron chi connectivity index (χ1n) is 6.91. The van der Waals surface area contributed by atoms with Gasteiger partial charge in [-0.25, -0.2) is 4.98 Å². The first kappa shape index (κ1) is 11.3. The third kappa shape index (κ3) is 2.25. The summed E-state index contributed by atoms with van der Waals surface area (Å²) in [6, 6.07) is 0.694. The van der Waals surface area contributed by atoms with Crippen molar-refractivity contribution in [2.24, 2.45) is 24.8 Å². The molecular weight excluding hydrogens is 210 g/mol. The van der Waals surface area contributed by atoms with Crippen molar-refractivity contribution in [1.82, 2.24) is 14.9 Å². The molecule has 3 rings (SSSR count). The zero-order valence-corrected chi connectivity index (χ0v) is 10.9. The van der Waals surface area contributed by atoms with Gasteiger partial charge < -0.3 is 9.88 Å². The van der Waals surface area contributed by atoms with Gasteiger partial charge in [-0.1, -0.05) is 0 Å². The van der Waals surface area contributed by atoms with Gasteiger partial charge in [0, 0.05) is 31.9 Å². The molecule has 2 saturated carbocycles. The van der Waals surface area contributed by atoms with E-state index in [0.29, 0.717) is 6.04 Å². The van der Waals surface area contributed by atoms with E-state index in [1.807, 2.05) is 12.4 Å². The van der Waals surface area contributed by atoms with E-state index in [1.54, 1.807) is 0 Å². The third-order valence-corrected chi connectivity index (χ3v) is 4.82. The molecule has 0 saturated heterocycles. The van der Waals surface area contributed by atoms with Crippen LogP contribution in [0.15, 0.2) is 12.4 Å². The molecule has 3 heteroatoms. The molecule has 1 N–H and O–H groups in total. The highest BCUT2D eigenvalue weighted by Gasteiger charge is 2.47. The van der Waals surface area contributed by atoms with Gasteiger partial charge in [0.1, 0.15) is 5.82 Å². The maximum Gasteiger partial charge on any atom is 0.108 e. The van der Waals surface area contributed by atoms with Gasteiger partial charge in [0.2, 0.25) is 0 Å². The second-order valence-corrected chi connectivity index (χ2v) is 5.88. The Balaban J connectivity index is 1.53. The molecule has 3 nitrogen and oxygen atoms in total. The van der Waals surface area contributed by atoms with E-state index >= 15 is 0 Å². The summed E-state index contributed by atoms with van der Waals surface area (Å²) in [7, 11) is 4.20. The van der Waals surface area contributed by atoms with Crippen LogP contribution in [0.3, 0.4) is 0 Å². The molecule has 2 aliphatic carbocycles. The van der Waals surface area contributed by atoms with Crippen LogP contribution in [0.1, 0.15) is 31.5 Å². The highest BCUT2D eigenvalue weighted by atomic mass is 15.0. The highest BCUT2D eigenvalue weighted by Crippen LogP contribution is 2.55. The average Bonchev–Trinajstić information content (AvgIpc) is 2.73. The number of imidazole rings is 1. The SMILES string of the molecule is CNC(CCc1nccn1C)C1CC2CC2C1. The van der Waals surface area contributed by atoms with Crippen LogP contribution in [0.5, 0.6) is 0 Å². The number of nitrogens with zero attached hydrogens (tertiary/aromatic N) is 2. The monoisotopic (exact) mass is 233 g/mol. The van der Waals surface area contributed by atoms with Crippen LogP contribution >= 0.6 is 0 Å². The number of aromatic nitrogens is 2. The maximum atomic E-state index is 4.41. The number of fused-ring (bicyclic) bond motifs is 1. The van der Waals surface area contributed by atoms with Crippen molar-refractivity contribution in [1.29, 1.82) is 0 Å². The van der Waals surface area contributed by atoms with E-state index in [-0.39, 0.29) is 0 Å². The predicted octanol–water partition coefficient (Wildman–Crippen LogP) is 1.99. The van der Waals surface area contributed by atoms with Crippen LogP contribution < -0.4 is 5.32 Å². The summed E-state index contributed by atoms with van der Waals surface area (Å²) in [6.45, 7) is 0. The molecule has 1 aromatic rings. The quantitative estimate of drug-likeness (QED) is 0.843. The molecule has 0 radical (unpaired) electrons. The van der Waals surface area contributed by atoms with E-state index in [1.165, 1.54) is 31.5 Å². The van der Waals surface area contributed by atoms with Gasteiger partial charge in [0.05, 0.1) is 0 Å². The van der Waals surface area contributed by atoms with Gasteiger partial charge in [0.25, 0.3) is 0 Å². The fourth-order valence-electron chi connectivity index (χ4n) is 3.63. The van der Waals surface area contributed by atoms with E-state index in [9.17, 15) is 0 Å². The lowest BCUT2D eigenvalue weighted by Crippen LogP contribution is -2.33. The molecule has 0 aromatic carbocycles. The zero-order valence-electron chi connectivity index (χ0n) is 10.9. The lowest BCUT2D eigenvalue weighted by Gasteiger charge is -2.24. The zero-order chi connectivity index (χ0) is 11.8. The molecule has 1 aromatic heterocycles. The Morgan fingerprint density at radius 3 is 2.76 bits per heavy atom. The standard InChI is InChI=1S/C14H23N3/c1-15-13(12-8-10-7-11(10)9-12)3-4-14-16-5-6-17(14)2/h5-6,10-13,15H,3-4,7-9H2,1-2H3. The van der Waals surface area contributed by atoms with Crippen molar-refractivity contribution in [3.05, 3.63) is 18.2 Å². The fourth-order valence-corrected chi connectivity index (χ4v) is 3.63. The molecule has 2 fully saturated rings. The lowest BCUT2D eigenvalue weighted by atomic mass is 9.91. The Bertz CT molecular complexity index is 375. The third-order valence-electron chi connectivity index (χ3n) is 4.82. The first-order chi connectivity index (χ1) is 8.28. The number of hydrogen-bond acceptors (Lipinski definition) is 2. The lowest BCUT2D eigenvalue weighted by molar-refractivity contribution is 0.332. The van der Waals surface area contributed by atoms with Gasteiger partial charge in [-0.05, 0) is 50.5 Å². The van der Waals surface area contributed by atoms with Crippen molar-refractivity contribution >= 4 is 0 Å². The molecule has 0 amide bonds. The Kier molecular flexibility index (Phi) is 2.95. The number of rotatable bonds is 5. The van der Waals surface area contributed by atoms with Crippen LogP contribution in [0.2, 0.25) is 0 Å². The van der Waals surface area contributed by atoms with E-state index in [2.05, 4.69) is 29.0 Å². The van der Waals surface area contributed by atoms with Crippen LogP contribution in [0.4, 0.5) is 0 Å². The summed E-state index contributed by atoms with van der Waals surface area (Å²) in [5, 5.41) is 3.53. The maximum absolute atomic E-state index is 4.41.